The Labute approximate surface area is 96.9 Å². The molecule has 1 fully saturated rings. The maximum atomic E-state index is 11.6. The number of hydrogen-bond acceptors (Lipinski definition) is 3. The van der Waals surface area contributed by atoms with Crippen molar-refractivity contribution < 1.29 is 14.6 Å². The molecule has 92 valence electrons. The van der Waals surface area contributed by atoms with Crippen LogP contribution in [0.3, 0.4) is 0 Å². The Morgan fingerprint density at radius 3 is 2.81 bits per heavy atom. The Morgan fingerprint density at radius 1 is 1.44 bits per heavy atom. The molecule has 0 saturated carbocycles. The van der Waals surface area contributed by atoms with Crippen molar-refractivity contribution in [2.24, 2.45) is 0 Å². The summed E-state index contributed by atoms with van der Waals surface area (Å²) in [6.07, 6.45) is 4.80. The normalized spacial score (nSPS) is 19.1. The molecule has 1 saturated heterocycles. The topological polar surface area (TPSA) is 52.6 Å². The molecule has 0 atom stereocenters. The molecule has 1 aliphatic rings. The minimum atomic E-state index is -0.343. The van der Waals surface area contributed by atoms with Crippen LogP contribution in [0, 0.1) is 0 Å². The van der Waals surface area contributed by atoms with Gasteiger partial charge in [-0.25, -0.2) is 0 Å². The van der Waals surface area contributed by atoms with Crippen molar-refractivity contribution >= 4 is 5.91 Å². The Kier molecular flexibility index (Phi) is 5.15. The number of ether oxygens (including phenoxy) is 1. The number of carbonyl (C=O) groups is 1. The third-order valence-corrected chi connectivity index (χ3v) is 2.85. The van der Waals surface area contributed by atoms with Gasteiger partial charge in [-0.05, 0) is 19.1 Å². The summed E-state index contributed by atoms with van der Waals surface area (Å²) in [6.45, 7) is 3.38. The molecular weight excluding hydrogens is 206 g/mol. The number of unbranched alkanes of at least 4 members (excludes halogenated alkanes) is 3. The van der Waals surface area contributed by atoms with Crippen LogP contribution in [0.15, 0.2) is 11.5 Å². The highest BCUT2D eigenvalue weighted by molar-refractivity contribution is 5.82. The summed E-state index contributed by atoms with van der Waals surface area (Å²) in [5.74, 6) is -0.290. The molecule has 1 aliphatic heterocycles. The van der Waals surface area contributed by atoms with Gasteiger partial charge in [0.2, 0.25) is 5.91 Å². The van der Waals surface area contributed by atoms with Crippen LogP contribution in [-0.2, 0) is 9.53 Å². The zero-order valence-electron chi connectivity index (χ0n) is 10.1. The second-order valence-electron chi connectivity index (χ2n) is 4.15. The molecule has 1 heterocycles. The summed E-state index contributed by atoms with van der Waals surface area (Å²) in [4.78, 5) is 13.3. The number of likely N-dealkylation sites (tertiary alicyclic amines) is 1. The fourth-order valence-electron chi connectivity index (χ4n) is 1.88. The molecule has 16 heavy (non-hydrogen) atoms. The van der Waals surface area contributed by atoms with Crippen molar-refractivity contribution in [3.8, 4) is 0 Å². The molecule has 1 rings (SSSR count). The molecular formula is C12H20NO3-. The van der Waals surface area contributed by atoms with Crippen molar-refractivity contribution in [1.82, 2.24) is 4.90 Å². The highest BCUT2D eigenvalue weighted by Gasteiger charge is 2.24. The Balaban J connectivity index is 2.37. The van der Waals surface area contributed by atoms with Crippen molar-refractivity contribution in [3.63, 3.8) is 0 Å². The number of rotatable bonds is 6. The van der Waals surface area contributed by atoms with E-state index >= 15 is 0 Å². The van der Waals surface area contributed by atoms with Crippen LogP contribution in [-0.4, -0.2) is 31.0 Å². The molecule has 1 amide bonds. The molecule has 0 bridgehead atoms. The van der Waals surface area contributed by atoms with E-state index in [2.05, 4.69) is 11.7 Å². The SMILES string of the molecule is CCCCCCN1CC(=C([O-])OC)CC1=O. The summed E-state index contributed by atoms with van der Waals surface area (Å²) < 4.78 is 4.62. The van der Waals surface area contributed by atoms with Crippen LogP contribution < -0.4 is 5.11 Å². The Morgan fingerprint density at radius 2 is 2.19 bits per heavy atom. The molecule has 0 unspecified atom stereocenters. The van der Waals surface area contributed by atoms with Crippen LogP contribution in [0.1, 0.15) is 39.0 Å². The van der Waals surface area contributed by atoms with E-state index in [-0.39, 0.29) is 18.3 Å². The standard InChI is InChI=1S/C12H21NO3/c1-3-4-5-6-7-13-9-10(8-11(13)14)12(15)16-2/h15H,3-9H2,1-2H3/p-1. The van der Waals surface area contributed by atoms with Gasteiger partial charge in [0.25, 0.3) is 0 Å². The molecule has 0 N–H and O–H groups in total. The largest absolute Gasteiger partial charge is 0.617 e. The third kappa shape index (κ3) is 3.43. The van der Waals surface area contributed by atoms with Gasteiger partial charge in [0.05, 0.1) is 12.4 Å². The fraction of sp³-hybridized carbons (Fsp3) is 0.750. The molecule has 0 spiro atoms. The smallest absolute Gasteiger partial charge is 0.227 e. The molecule has 0 aliphatic carbocycles. The van der Waals surface area contributed by atoms with Crippen molar-refractivity contribution in [2.75, 3.05) is 20.2 Å². The van der Waals surface area contributed by atoms with Crippen LogP contribution >= 0.6 is 0 Å². The number of nitrogens with zero attached hydrogens (tertiary/aromatic N) is 1. The fourth-order valence-corrected chi connectivity index (χ4v) is 1.88. The third-order valence-electron chi connectivity index (χ3n) is 2.85. The van der Waals surface area contributed by atoms with E-state index in [0.717, 1.165) is 19.4 Å². The average molecular weight is 226 g/mol. The van der Waals surface area contributed by atoms with Crippen LogP contribution in [0.5, 0.6) is 0 Å². The lowest BCUT2D eigenvalue weighted by Crippen LogP contribution is -2.26. The van der Waals surface area contributed by atoms with Crippen molar-refractivity contribution in [1.29, 1.82) is 0 Å². The van der Waals surface area contributed by atoms with E-state index in [0.29, 0.717) is 12.1 Å². The minimum Gasteiger partial charge on any atom is -0.617 e. The Hall–Kier alpha value is -1.19. The van der Waals surface area contributed by atoms with Gasteiger partial charge in [-0.3, -0.25) is 4.79 Å². The van der Waals surface area contributed by atoms with Crippen LogP contribution in [0.4, 0.5) is 0 Å². The number of amides is 1. The summed E-state index contributed by atoms with van der Waals surface area (Å²) >= 11 is 0. The first-order valence-electron chi connectivity index (χ1n) is 5.89. The first kappa shape index (κ1) is 12.9. The number of hydrogen-bond donors (Lipinski definition) is 0. The molecule has 0 aromatic heterocycles. The second kappa shape index (κ2) is 6.40. The summed E-state index contributed by atoms with van der Waals surface area (Å²) in [6, 6.07) is 0. The number of carbonyl (C=O) groups excluding carboxylic acids is 1. The monoisotopic (exact) mass is 226 g/mol. The van der Waals surface area contributed by atoms with E-state index in [1.165, 1.54) is 20.0 Å². The van der Waals surface area contributed by atoms with Crippen LogP contribution in [0.25, 0.3) is 0 Å². The zero-order valence-corrected chi connectivity index (χ0v) is 10.1. The molecule has 0 radical (unpaired) electrons. The summed E-state index contributed by atoms with van der Waals surface area (Å²) in [5.41, 5.74) is 0.586. The lowest BCUT2D eigenvalue weighted by molar-refractivity contribution is -0.355. The highest BCUT2D eigenvalue weighted by Crippen LogP contribution is 2.19. The lowest BCUT2D eigenvalue weighted by Gasteiger charge is -2.16. The van der Waals surface area contributed by atoms with Gasteiger partial charge in [-0.2, -0.15) is 0 Å². The van der Waals surface area contributed by atoms with Gasteiger partial charge in [-0.1, -0.05) is 26.2 Å². The van der Waals surface area contributed by atoms with E-state index in [9.17, 15) is 9.90 Å². The maximum Gasteiger partial charge on any atom is 0.227 e. The summed E-state index contributed by atoms with van der Waals surface area (Å²) in [7, 11) is 1.35. The van der Waals surface area contributed by atoms with E-state index in [1.807, 2.05) is 0 Å². The van der Waals surface area contributed by atoms with Gasteiger partial charge in [0, 0.05) is 13.1 Å². The minimum absolute atomic E-state index is 0.0527. The zero-order chi connectivity index (χ0) is 12.0. The van der Waals surface area contributed by atoms with Gasteiger partial charge in [0.15, 0.2) is 0 Å². The molecule has 0 aromatic carbocycles. The van der Waals surface area contributed by atoms with Crippen molar-refractivity contribution in [2.45, 2.75) is 39.0 Å². The number of methoxy groups -OCH3 is 1. The van der Waals surface area contributed by atoms with Crippen molar-refractivity contribution in [3.05, 3.63) is 11.5 Å². The highest BCUT2D eigenvalue weighted by atomic mass is 16.6. The quantitative estimate of drug-likeness (QED) is 0.502. The van der Waals surface area contributed by atoms with E-state index in [1.54, 1.807) is 4.90 Å². The summed E-state index contributed by atoms with van der Waals surface area (Å²) in [5, 5.41) is 11.2. The first-order valence-corrected chi connectivity index (χ1v) is 5.89. The molecule has 4 nitrogen and oxygen atoms in total. The van der Waals surface area contributed by atoms with Gasteiger partial charge < -0.3 is 14.7 Å². The van der Waals surface area contributed by atoms with E-state index in [4.69, 9.17) is 0 Å². The van der Waals surface area contributed by atoms with Gasteiger partial charge in [-0.15, -0.1) is 0 Å². The Bertz CT molecular complexity index is 273. The predicted molar refractivity (Wildman–Crippen MR) is 59.4 cm³/mol. The average Bonchev–Trinajstić information content (AvgIpc) is 2.65. The van der Waals surface area contributed by atoms with Crippen LogP contribution in [0.2, 0.25) is 0 Å². The lowest BCUT2D eigenvalue weighted by atomic mass is 10.2. The molecule has 0 aromatic rings. The first-order chi connectivity index (χ1) is 7.69. The van der Waals surface area contributed by atoms with E-state index < -0.39 is 0 Å². The van der Waals surface area contributed by atoms with Gasteiger partial charge >= 0.3 is 0 Å². The maximum absolute atomic E-state index is 11.6. The molecule has 4 heteroatoms. The predicted octanol–water partition coefficient (Wildman–Crippen LogP) is 1.02. The second-order valence-corrected chi connectivity index (χ2v) is 4.15. The van der Waals surface area contributed by atoms with Gasteiger partial charge in [0.1, 0.15) is 0 Å².